The van der Waals surface area contributed by atoms with Crippen molar-refractivity contribution >= 4 is 34.9 Å². The molecule has 1 saturated carbocycles. The van der Waals surface area contributed by atoms with Crippen molar-refractivity contribution in [3.63, 3.8) is 0 Å². The molecule has 1 aromatic heterocycles. The second kappa shape index (κ2) is 9.02. The summed E-state index contributed by atoms with van der Waals surface area (Å²) in [7, 11) is 0. The summed E-state index contributed by atoms with van der Waals surface area (Å²) >= 11 is 7.51. The fourth-order valence-corrected chi connectivity index (χ4v) is 3.39. The molecule has 0 radical (unpaired) electrons. The maximum absolute atomic E-state index is 10.2. The summed E-state index contributed by atoms with van der Waals surface area (Å²) in [4.78, 5) is 8.46. The lowest BCUT2D eigenvalue weighted by Gasteiger charge is -2.19. The van der Waals surface area contributed by atoms with Gasteiger partial charge >= 0.3 is 0 Å². The van der Waals surface area contributed by atoms with Crippen LogP contribution >= 0.6 is 23.4 Å². The van der Waals surface area contributed by atoms with Crippen LogP contribution in [0, 0.1) is 0 Å². The molecule has 0 bridgehead atoms. The van der Waals surface area contributed by atoms with Gasteiger partial charge in [0.25, 0.3) is 0 Å². The number of hydrogen-bond donors (Lipinski definition) is 5. The Morgan fingerprint density at radius 1 is 1.38 bits per heavy atom. The molecule has 1 aliphatic rings. The Morgan fingerprint density at radius 3 is 2.79 bits per heavy atom. The molecular formula is C14H23ClN4O4S. The van der Waals surface area contributed by atoms with Crippen LogP contribution in [0.4, 0.5) is 11.5 Å². The van der Waals surface area contributed by atoms with Gasteiger partial charge in [-0.15, -0.1) is 0 Å². The summed E-state index contributed by atoms with van der Waals surface area (Å²) < 4.78 is 5.34. The number of aliphatic hydroxyl groups excluding tert-OH is 3. The van der Waals surface area contributed by atoms with Crippen LogP contribution in [0.15, 0.2) is 5.16 Å². The van der Waals surface area contributed by atoms with E-state index in [0.29, 0.717) is 17.4 Å². The third-order valence-electron chi connectivity index (χ3n) is 3.69. The van der Waals surface area contributed by atoms with Crippen molar-refractivity contribution < 1.29 is 20.1 Å². The first-order valence-corrected chi connectivity index (χ1v) is 9.15. The molecule has 4 atom stereocenters. The van der Waals surface area contributed by atoms with Gasteiger partial charge in [-0.25, -0.2) is 9.97 Å². The predicted octanol–water partition coefficient (Wildman–Crippen LogP) is 0.498. The van der Waals surface area contributed by atoms with Gasteiger partial charge in [0.1, 0.15) is 17.9 Å². The van der Waals surface area contributed by atoms with Gasteiger partial charge in [0, 0.05) is 5.75 Å². The summed E-state index contributed by atoms with van der Waals surface area (Å²) in [6.45, 7) is 2.00. The van der Waals surface area contributed by atoms with Gasteiger partial charge in [-0.3, -0.25) is 0 Å². The molecule has 2 unspecified atom stereocenters. The molecular weight excluding hydrogens is 356 g/mol. The van der Waals surface area contributed by atoms with E-state index in [2.05, 4.69) is 15.3 Å². The number of anilines is 2. The Hall–Kier alpha value is -0.840. The largest absolute Gasteiger partial charge is 0.394 e. The van der Waals surface area contributed by atoms with Crippen LogP contribution in [-0.4, -0.2) is 68.6 Å². The van der Waals surface area contributed by atoms with E-state index < -0.39 is 24.4 Å². The van der Waals surface area contributed by atoms with E-state index >= 15 is 0 Å². The molecule has 0 aromatic carbocycles. The number of rotatable bonds is 8. The van der Waals surface area contributed by atoms with E-state index in [1.54, 1.807) is 0 Å². The van der Waals surface area contributed by atoms with Gasteiger partial charge < -0.3 is 31.1 Å². The molecule has 2 rings (SSSR count). The molecule has 1 heterocycles. The number of aromatic nitrogens is 2. The Kier molecular flexibility index (Phi) is 7.33. The molecule has 24 heavy (non-hydrogen) atoms. The van der Waals surface area contributed by atoms with Crippen LogP contribution in [0.2, 0.25) is 5.15 Å². The van der Waals surface area contributed by atoms with Crippen LogP contribution < -0.4 is 11.1 Å². The molecule has 1 aliphatic carbocycles. The Balaban J connectivity index is 2.10. The average molecular weight is 379 g/mol. The van der Waals surface area contributed by atoms with Crippen LogP contribution in [0.5, 0.6) is 0 Å². The van der Waals surface area contributed by atoms with Crippen molar-refractivity contribution in [2.45, 2.75) is 49.3 Å². The van der Waals surface area contributed by atoms with Crippen LogP contribution in [0.1, 0.15) is 19.8 Å². The van der Waals surface area contributed by atoms with E-state index in [9.17, 15) is 10.2 Å². The third kappa shape index (κ3) is 4.62. The molecule has 136 valence electrons. The lowest BCUT2D eigenvalue weighted by molar-refractivity contribution is -0.0612. The predicted molar refractivity (Wildman–Crippen MR) is 93.3 cm³/mol. The topological polar surface area (TPSA) is 134 Å². The zero-order chi connectivity index (χ0) is 17.7. The summed E-state index contributed by atoms with van der Waals surface area (Å²) in [6, 6.07) is -0.499. The molecule has 10 heteroatoms. The fraction of sp³-hybridized carbons (Fsp3) is 0.714. The van der Waals surface area contributed by atoms with E-state index in [-0.39, 0.29) is 24.1 Å². The van der Waals surface area contributed by atoms with Crippen LogP contribution in [0.25, 0.3) is 0 Å². The second-order valence-corrected chi connectivity index (χ2v) is 6.93. The second-order valence-electron chi connectivity index (χ2n) is 5.51. The zero-order valence-electron chi connectivity index (χ0n) is 13.4. The van der Waals surface area contributed by atoms with Crippen LogP contribution in [0.3, 0.4) is 0 Å². The minimum atomic E-state index is -1.05. The number of nitrogens with zero attached hydrogens (tertiary/aromatic N) is 2. The van der Waals surface area contributed by atoms with Gasteiger partial charge in [0.05, 0.1) is 25.4 Å². The molecule has 0 spiro atoms. The van der Waals surface area contributed by atoms with E-state index in [1.165, 1.54) is 11.8 Å². The third-order valence-corrected chi connectivity index (χ3v) is 5.03. The lowest BCUT2D eigenvalue weighted by Crippen LogP contribution is -2.36. The van der Waals surface area contributed by atoms with E-state index in [4.69, 9.17) is 27.2 Å². The Morgan fingerprint density at radius 2 is 2.12 bits per heavy atom. The highest BCUT2D eigenvalue weighted by atomic mass is 35.5. The van der Waals surface area contributed by atoms with Crippen molar-refractivity contribution in [1.82, 2.24) is 9.97 Å². The van der Waals surface area contributed by atoms with Gasteiger partial charge in [-0.2, -0.15) is 0 Å². The minimum absolute atomic E-state index is 0.0977. The average Bonchev–Trinajstić information content (AvgIpc) is 2.83. The number of nitrogen functional groups attached to an aromatic ring is 1. The van der Waals surface area contributed by atoms with Crippen molar-refractivity contribution in [3.8, 4) is 0 Å². The summed E-state index contributed by atoms with van der Waals surface area (Å²) in [5.41, 5.74) is 6.11. The van der Waals surface area contributed by atoms with Crippen molar-refractivity contribution in [1.29, 1.82) is 0 Å². The van der Waals surface area contributed by atoms with Gasteiger partial charge in [-0.05, 0) is 12.8 Å². The highest BCUT2D eigenvalue weighted by Crippen LogP contribution is 2.31. The number of hydrogen-bond acceptors (Lipinski definition) is 9. The number of nitrogens with two attached hydrogens (primary N) is 1. The summed E-state index contributed by atoms with van der Waals surface area (Å²) in [5, 5.41) is 32.7. The van der Waals surface area contributed by atoms with E-state index in [1.807, 2.05) is 6.92 Å². The molecule has 1 fully saturated rings. The number of nitrogens with one attached hydrogen (secondary N) is 1. The molecule has 0 amide bonds. The monoisotopic (exact) mass is 378 g/mol. The summed E-state index contributed by atoms with van der Waals surface area (Å²) in [6.07, 6.45) is -1.36. The van der Waals surface area contributed by atoms with E-state index in [0.717, 1.165) is 12.2 Å². The quantitative estimate of drug-likeness (QED) is 0.249. The highest BCUT2D eigenvalue weighted by molar-refractivity contribution is 7.99. The number of aliphatic hydroxyl groups is 3. The standard InChI is InChI=1S/C14H23ClN4O4S/c1-2-5-24-14-18-12(15)9(16)13(19-14)17-7-6-8(23-4-3-20)11(22)10(7)21/h7-8,10-11,20-22H,2-6,16H2,1H3,(H,17,18,19)/t7-,8+,10?,11?/m1/s1. The molecule has 8 nitrogen and oxygen atoms in total. The van der Waals surface area contributed by atoms with Gasteiger partial charge in [0.15, 0.2) is 16.1 Å². The summed E-state index contributed by atoms with van der Waals surface area (Å²) in [5.74, 6) is 1.18. The lowest BCUT2D eigenvalue weighted by atomic mass is 10.2. The smallest absolute Gasteiger partial charge is 0.191 e. The van der Waals surface area contributed by atoms with Crippen molar-refractivity contribution in [2.24, 2.45) is 0 Å². The first kappa shape index (κ1) is 19.5. The SMILES string of the molecule is CCCSc1nc(Cl)c(N)c(N[C@@H]2C[C@H](OCCO)C(O)C2O)n1. The number of halogens is 1. The van der Waals surface area contributed by atoms with Gasteiger partial charge in [-0.1, -0.05) is 30.3 Å². The fourth-order valence-electron chi connectivity index (χ4n) is 2.47. The first-order valence-electron chi connectivity index (χ1n) is 7.78. The maximum atomic E-state index is 10.2. The zero-order valence-corrected chi connectivity index (χ0v) is 14.9. The number of thioether (sulfide) groups is 1. The van der Waals surface area contributed by atoms with Gasteiger partial charge in [0.2, 0.25) is 0 Å². The first-order chi connectivity index (χ1) is 11.5. The maximum Gasteiger partial charge on any atom is 0.191 e. The molecule has 0 saturated heterocycles. The Labute approximate surface area is 149 Å². The van der Waals surface area contributed by atoms with Crippen LogP contribution in [-0.2, 0) is 4.74 Å². The number of ether oxygens (including phenoxy) is 1. The molecule has 1 aromatic rings. The van der Waals surface area contributed by atoms with Crippen molar-refractivity contribution in [3.05, 3.63) is 5.15 Å². The Bertz CT molecular complexity index is 554. The normalized spacial score (nSPS) is 26.7. The molecule has 6 N–H and O–H groups in total. The van der Waals surface area contributed by atoms with Crippen molar-refractivity contribution in [2.75, 3.05) is 30.0 Å². The highest BCUT2D eigenvalue weighted by Gasteiger charge is 2.42. The minimum Gasteiger partial charge on any atom is -0.394 e. The molecule has 0 aliphatic heterocycles.